The summed E-state index contributed by atoms with van der Waals surface area (Å²) in [6.45, 7) is 0.168. The molecule has 3 N–H and O–H groups in total. The van der Waals surface area contributed by atoms with Gasteiger partial charge in [-0.15, -0.1) is 11.3 Å². The number of carbonyl (C=O) groups is 1. The Kier molecular flexibility index (Phi) is 4.97. The summed E-state index contributed by atoms with van der Waals surface area (Å²) in [5, 5.41) is 24.0. The number of thiazole rings is 1. The van der Waals surface area contributed by atoms with E-state index in [0.29, 0.717) is 23.7 Å². The number of pyridine rings is 1. The number of aliphatic hydroxyl groups is 2. The Morgan fingerprint density at radius 3 is 2.91 bits per heavy atom. The van der Waals surface area contributed by atoms with E-state index in [1.807, 2.05) is 12.1 Å². The van der Waals surface area contributed by atoms with Crippen molar-refractivity contribution in [1.29, 1.82) is 0 Å². The van der Waals surface area contributed by atoms with Crippen LogP contribution in [0.25, 0.3) is 0 Å². The summed E-state index contributed by atoms with van der Waals surface area (Å²) in [4.78, 5) is 20.3. The van der Waals surface area contributed by atoms with Crippen LogP contribution in [0.5, 0.6) is 0 Å². The van der Waals surface area contributed by atoms with Gasteiger partial charge in [-0.2, -0.15) is 0 Å². The number of nitrogens with one attached hydrogen (secondary N) is 1. The smallest absolute Gasteiger partial charge is 0.271 e. The maximum Gasteiger partial charge on any atom is 0.271 e. The average Bonchev–Trinajstić information content (AvgIpc) is 3.20. The Hall–Kier alpha value is -1.87. The lowest BCUT2D eigenvalue weighted by atomic mass is 10.1. The fourth-order valence-corrected chi connectivity index (χ4v) is 3.21. The summed E-state index contributed by atoms with van der Waals surface area (Å²) < 4.78 is 5.54. The summed E-state index contributed by atoms with van der Waals surface area (Å²) in [5.41, 5.74) is 1.28. The molecule has 1 amide bonds. The molecule has 3 heterocycles. The monoisotopic (exact) mass is 335 g/mol. The van der Waals surface area contributed by atoms with Crippen LogP contribution in [-0.4, -0.2) is 44.9 Å². The van der Waals surface area contributed by atoms with Gasteiger partial charge >= 0.3 is 0 Å². The molecule has 1 aliphatic rings. The lowest BCUT2D eigenvalue weighted by molar-refractivity contribution is -0.0226. The average molecular weight is 335 g/mol. The molecule has 1 fully saturated rings. The number of aliphatic hydroxyl groups excluding tert-OH is 2. The zero-order valence-corrected chi connectivity index (χ0v) is 13.1. The van der Waals surface area contributed by atoms with Crippen molar-refractivity contribution in [3.8, 4) is 0 Å². The third-order valence-electron chi connectivity index (χ3n) is 3.64. The number of ether oxygens (including phenoxy) is 1. The number of hydrogen-bond acceptors (Lipinski definition) is 7. The molecule has 0 aromatic carbocycles. The number of amides is 1. The quantitative estimate of drug-likeness (QED) is 0.741. The van der Waals surface area contributed by atoms with Crippen LogP contribution in [0.4, 0.5) is 0 Å². The molecule has 2 aromatic heterocycles. The number of hydrogen-bond donors (Lipinski definition) is 3. The van der Waals surface area contributed by atoms with Crippen LogP contribution < -0.4 is 5.32 Å². The minimum atomic E-state index is -0.710. The van der Waals surface area contributed by atoms with Gasteiger partial charge in [0.25, 0.3) is 5.91 Å². The predicted molar refractivity (Wildman–Crippen MR) is 82.8 cm³/mol. The molecule has 0 radical (unpaired) electrons. The van der Waals surface area contributed by atoms with Crippen molar-refractivity contribution >= 4 is 17.2 Å². The van der Waals surface area contributed by atoms with Crippen LogP contribution >= 0.6 is 11.3 Å². The molecular formula is C15H17N3O4S. The first kappa shape index (κ1) is 16.0. The van der Waals surface area contributed by atoms with Crippen LogP contribution in [0.2, 0.25) is 0 Å². The van der Waals surface area contributed by atoms with Crippen LogP contribution in [-0.2, 0) is 11.3 Å². The maximum atomic E-state index is 12.1. The molecule has 0 aliphatic carbocycles. The van der Waals surface area contributed by atoms with Gasteiger partial charge in [0.05, 0.1) is 12.7 Å². The first-order valence-electron chi connectivity index (χ1n) is 7.24. The molecule has 0 unspecified atom stereocenters. The van der Waals surface area contributed by atoms with Gasteiger partial charge in [0, 0.05) is 30.7 Å². The molecule has 0 saturated carbocycles. The van der Waals surface area contributed by atoms with E-state index < -0.39 is 12.2 Å². The number of aromatic nitrogens is 2. The SMILES string of the molecule is O=C(NCc1ccncc1)c1csc([C@@H]2C[C@H](O)[C@@H](CO)O2)n1. The first-order valence-corrected chi connectivity index (χ1v) is 8.12. The molecule has 3 atom stereocenters. The van der Waals surface area contributed by atoms with E-state index in [9.17, 15) is 9.90 Å². The van der Waals surface area contributed by atoms with Gasteiger partial charge in [-0.3, -0.25) is 9.78 Å². The zero-order chi connectivity index (χ0) is 16.2. The van der Waals surface area contributed by atoms with E-state index in [2.05, 4.69) is 15.3 Å². The Morgan fingerprint density at radius 1 is 1.43 bits per heavy atom. The molecule has 0 spiro atoms. The Balaban J connectivity index is 1.59. The second-order valence-corrected chi connectivity index (χ2v) is 6.15. The second-order valence-electron chi connectivity index (χ2n) is 5.26. The van der Waals surface area contributed by atoms with Gasteiger partial charge in [0.15, 0.2) is 0 Å². The summed E-state index contributed by atoms with van der Waals surface area (Å²) >= 11 is 1.31. The number of rotatable bonds is 5. The predicted octanol–water partition coefficient (Wildman–Crippen LogP) is 0.651. The minimum absolute atomic E-state index is 0.234. The van der Waals surface area contributed by atoms with E-state index >= 15 is 0 Å². The molecule has 122 valence electrons. The van der Waals surface area contributed by atoms with Gasteiger partial charge in [0.1, 0.15) is 22.9 Å². The topological polar surface area (TPSA) is 105 Å². The fourth-order valence-electron chi connectivity index (χ4n) is 2.37. The van der Waals surface area contributed by atoms with Crippen LogP contribution in [0.1, 0.15) is 33.6 Å². The van der Waals surface area contributed by atoms with Gasteiger partial charge in [-0.05, 0) is 17.7 Å². The highest BCUT2D eigenvalue weighted by molar-refractivity contribution is 7.09. The zero-order valence-electron chi connectivity index (χ0n) is 12.3. The largest absolute Gasteiger partial charge is 0.394 e. The first-order chi connectivity index (χ1) is 11.2. The Labute approximate surface area is 137 Å². The van der Waals surface area contributed by atoms with E-state index in [1.54, 1.807) is 17.8 Å². The van der Waals surface area contributed by atoms with E-state index in [4.69, 9.17) is 9.84 Å². The van der Waals surface area contributed by atoms with Gasteiger partial charge in [0.2, 0.25) is 0 Å². The molecular weight excluding hydrogens is 318 g/mol. The van der Waals surface area contributed by atoms with Crippen molar-refractivity contribution in [2.45, 2.75) is 31.3 Å². The summed E-state index contributed by atoms with van der Waals surface area (Å²) in [5.74, 6) is -0.262. The Morgan fingerprint density at radius 2 is 2.22 bits per heavy atom. The second kappa shape index (κ2) is 7.14. The lowest BCUT2D eigenvalue weighted by Gasteiger charge is -2.09. The van der Waals surface area contributed by atoms with Crippen molar-refractivity contribution in [3.05, 3.63) is 46.2 Å². The summed E-state index contributed by atoms with van der Waals surface area (Å²) in [6, 6.07) is 3.66. The van der Waals surface area contributed by atoms with E-state index in [1.165, 1.54) is 11.3 Å². The molecule has 0 bridgehead atoms. The molecule has 23 heavy (non-hydrogen) atoms. The van der Waals surface area contributed by atoms with Crippen molar-refractivity contribution in [2.75, 3.05) is 6.61 Å². The fraction of sp³-hybridized carbons (Fsp3) is 0.400. The van der Waals surface area contributed by atoms with Crippen molar-refractivity contribution in [1.82, 2.24) is 15.3 Å². The van der Waals surface area contributed by atoms with E-state index in [0.717, 1.165) is 5.56 Å². The number of nitrogens with zero attached hydrogens (tertiary/aromatic N) is 2. The van der Waals surface area contributed by atoms with Gasteiger partial charge in [-0.25, -0.2) is 4.98 Å². The highest BCUT2D eigenvalue weighted by Crippen LogP contribution is 2.34. The minimum Gasteiger partial charge on any atom is -0.394 e. The number of carbonyl (C=O) groups excluding carboxylic acids is 1. The maximum absolute atomic E-state index is 12.1. The van der Waals surface area contributed by atoms with Crippen molar-refractivity contribution in [2.24, 2.45) is 0 Å². The highest BCUT2D eigenvalue weighted by atomic mass is 32.1. The van der Waals surface area contributed by atoms with Crippen LogP contribution in [0.3, 0.4) is 0 Å². The lowest BCUT2D eigenvalue weighted by Crippen LogP contribution is -2.24. The summed E-state index contributed by atoms with van der Waals surface area (Å²) in [7, 11) is 0. The summed E-state index contributed by atoms with van der Waals surface area (Å²) in [6.07, 6.45) is 2.03. The normalized spacial score (nSPS) is 23.8. The molecule has 2 aromatic rings. The van der Waals surface area contributed by atoms with Crippen LogP contribution in [0, 0.1) is 0 Å². The molecule has 1 aliphatic heterocycles. The molecule has 1 saturated heterocycles. The molecule has 3 rings (SSSR count). The van der Waals surface area contributed by atoms with Gasteiger partial charge in [-0.1, -0.05) is 0 Å². The molecule has 8 heteroatoms. The Bertz CT molecular complexity index is 664. The standard InChI is InChI=1S/C15H17N3O4S/c19-7-13-11(20)5-12(22-13)15-18-10(8-23-15)14(21)17-6-9-1-3-16-4-2-9/h1-4,8,11-13,19-20H,5-7H2,(H,17,21)/t11-,12-,13+/m0/s1. The molecule has 7 nitrogen and oxygen atoms in total. The van der Waals surface area contributed by atoms with Crippen LogP contribution in [0.15, 0.2) is 29.9 Å². The third kappa shape index (κ3) is 3.73. The third-order valence-corrected chi connectivity index (χ3v) is 4.57. The highest BCUT2D eigenvalue weighted by Gasteiger charge is 2.36. The van der Waals surface area contributed by atoms with Gasteiger partial charge < -0.3 is 20.3 Å². The van der Waals surface area contributed by atoms with E-state index in [-0.39, 0.29) is 18.6 Å². The van der Waals surface area contributed by atoms with Crippen molar-refractivity contribution < 1.29 is 19.7 Å². The van der Waals surface area contributed by atoms with Crippen molar-refractivity contribution in [3.63, 3.8) is 0 Å².